The molecule has 1 unspecified atom stereocenters. The number of amidine groups is 1. The SMILES string of the molecule is CC(=NC(C=O)(c1ccc(OC(F)F)cc1)c1cc(F)cc(F)c1)N(C)C. The zero-order chi connectivity index (χ0) is 20.2. The number of alkyl halides is 2. The second kappa shape index (κ2) is 8.20. The lowest BCUT2D eigenvalue weighted by Crippen LogP contribution is -2.32. The van der Waals surface area contributed by atoms with Gasteiger partial charge in [0.2, 0.25) is 0 Å². The van der Waals surface area contributed by atoms with Gasteiger partial charge in [0, 0.05) is 20.2 Å². The minimum absolute atomic E-state index is 0.0290. The molecule has 0 fully saturated rings. The second-order valence-electron chi connectivity index (χ2n) is 6.00. The summed E-state index contributed by atoms with van der Waals surface area (Å²) in [6.45, 7) is -1.37. The van der Waals surface area contributed by atoms with E-state index in [9.17, 15) is 22.4 Å². The van der Waals surface area contributed by atoms with Gasteiger partial charge in [0.15, 0.2) is 11.8 Å². The van der Waals surface area contributed by atoms with E-state index in [-0.39, 0.29) is 16.9 Å². The maximum absolute atomic E-state index is 13.8. The van der Waals surface area contributed by atoms with Crippen molar-refractivity contribution in [1.29, 1.82) is 0 Å². The number of hydrogen-bond acceptors (Lipinski definition) is 3. The number of rotatable bonds is 6. The van der Waals surface area contributed by atoms with Gasteiger partial charge >= 0.3 is 6.61 Å². The maximum Gasteiger partial charge on any atom is 0.387 e. The first-order chi connectivity index (χ1) is 12.7. The molecule has 4 nitrogen and oxygen atoms in total. The van der Waals surface area contributed by atoms with Crippen molar-refractivity contribution in [1.82, 2.24) is 4.90 Å². The van der Waals surface area contributed by atoms with Gasteiger partial charge in [0.25, 0.3) is 0 Å². The molecular weight excluding hydrogens is 364 g/mol. The molecule has 1 atom stereocenters. The van der Waals surface area contributed by atoms with Crippen molar-refractivity contribution in [3.8, 4) is 5.75 Å². The van der Waals surface area contributed by atoms with E-state index in [0.717, 1.165) is 12.1 Å². The summed E-state index contributed by atoms with van der Waals surface area (Å²) in [6, 6.07) is 7.86. The van der Waals surface area contributed by atoms with E-state index in [0.29, 0.717) is 18.2 Å². The molecule has 0 amide bonds. The highest BCUT2D eigenvalue weighted by Crippen LogP contribution is 2.34. The van der Waals surface area contributed by atoms with Crippen LogP contribution in [0.5, 0.6) is 5.75 Å². The average molecular weight is 382 g/mol. The van der Waals surface area contributed by atoms with Crippen LogP contribution in [-0.4, -0.2) is 37.7 Å². The Balaban J connectivity index is 2.68. The highest BCUT2D eigenvalue weighted by atomic mass is 19.3. The largest absolute Gasteiger partial charge is 0.435 e. The summed E-state index contributed by atoms with van der Waals surface area (Å²) >= 11 is 0. The number of ether oxygens (including phenoxy) is 1. The number of carbonyl (C=O) groups excluding carboxylic acids is 1. The number of aliphatic imine (C=N–C) groups is 1. The molecule has 144 valence electrons. The predicted molar refractivity (Wildman–Crippen MR) is 93.1 cm³/mol. The Bertz CT molecular complexity index is 818. The third-order valence-electron chi connectivity index (χ3n) is 3.98. The fraction of sp³-hybridized carbons (Fsp3) is 0.263. The van der Waals surface area contributed by atoms with Crippen molar-refractivity contribution >= 4 is 12.1 Å². The lowest BCUT2D eigenvalue weighted by Gasteiger charge is -2.27. The normalized spacial score (nSPS) is 14.0. The summed E-state index contributed by atoms with van der Waals surface area (Å²) in [4.78, 5) is 18.2. The van der Waals surface area contributed by atoms with Gasteiger partial charge in [-0.1, -0.05) is 12.1 Å². The van der Waals surface area contributed by atoms with Crippen LogP contribution in [0.1, 0.15) is 18.1 Å². The van der Waals surface area contributed by atoms with Gasteiger partial charge in [0.05, 0.1) is 5.84 Å². The molecule has 0 heterocycles. The van der Waals surface area contributed by atoms with Crippen molar-refractivity contribution in [2.75, 3.05) is 14.1 Å². The monoisotopic (exact) mass is 382 g/mol. The zero-order valence-corrected chi connectivity index (χ0v) is 14.9. The van der Waals surface area contributed by atoms with Gasteiger partial charge in [-0.25, -0.2) is 13.8 Å². The molecule has 2 aromatic carbocycles. The molecule has 8 heteroatoms. The van der Waals surface area contributed by atoms with E-state index in [1.54, 1.807) is 25.9 Å². The number of carbonyl (C=O) groups is 1. The summed E-state index contributed by atoms with van der Waals surface area (Å²) < 4.78 is 56.6. The molecule has 27 heavy (non-hydrogen) atoms. The summed E-state index contributed by atoms with van der Waals surface area (Å²) in [5, 5.41) is 0. The molecule has 0 aromatic heterocycles. The molecule has 2 aromatic rings. The van der Waals surface area contributed by atoms with E-state index in [4.69, 9.17) is 0 Å². The van der Waals surface area contributed by atoms with Crippen LogP contribution in [0.3, 0.4) is 0 Å². The number of nitrogens with zero attached hydrogens (tertiary/aromatic N) is 2. The molecular formula is C19H18F4N2O2. The molecule has 0 bridgehead atoms. The Labute approximate surface area is 154 Å². The Morgan fingerprint density at radius 3 is 2.07 bits per heavy atom. The van der Waals surface area contributed by atoms with E-state index < -0.39 is 23.8 Å². The quantitative estimate of drug-likeness (QED) is 0.328. The lowest BCUT2D eigenvalue weighted by atomic mass is 9.84. The standard InChI is InChI=1S/C19H18F4N2O2/c1-12(25(2)3)24-19(11-26,14-8-15(20)10-16(21)9-14)13-4-6-17(7-5-13)27-18(22)23/h4-11,18H,1-3H3. The van der Waals surface area contributed by atoms with Crippen LogP contribution in [0.2, 0.25) is 0 Å². The van der Waals surface area contributed by atoms with Crippen LogP contribution in [0.4, 0.5) is 17.6 Å². The Kier molecular flexibility index (Phi) is 6.20. The average Bonchev–Trinajstić information content (AvgIpc) is 2.58. The van der Waals surface area contributed by atoms with Gasteiger partial charge < -0.3 is 9.64 Å². The summed E-state index contributed by atoms with van der Waals surface area (Å²) in [7, 11) is 3.39. The summed E-state index contributed by atoms with van der Waals surface area (Å²) in [5.41, 5.74) is -1.55. The van der Waals surface area contributed by atoms with Crippen molar-refractivity contribution < 1.29 is 27.1 Å². The molecule has 0 aliphatic heterocycles. The molecule has 0 aliphatic rings. The molecule has 2 rings (SSSR count). The summed E-state index contributed by atoms with van der Waals surface area (Å²) in [5.74, 6) is -1.44. The number of benzene rings is 2. The van der Waals surface area contributed by atoms with E-state index in [2.05, 4.69) is 9.73 Å². The van der Waals surface area contributed by atoms with Crippen LogP contribution in [0.15, 0.2) is 47.5 Å². The summed E-state index contributed by atoms with van der Waals surface area (Å²) in [6.07, 6.45) is 0.456. The third-order valence-corrected chi connectivity index (χ3v) is 3.98. The minimum atomic E-state index is -3.00. The Morgan fingerprint density at radius 2 is 1.63 bits per heavy atom. The highest BCUT2D eigenvalue weighted by molar-refractivity contribution is 5.85. The number of halogens is 4. The molecule has 0 N–H and O–H groups in total. The number of hydrogen-bond donors (Lipinski definition) is 0. The van der Waals surface area contributed by atoms with Crippen molar-refractivity contribution in [3.05, 3.63) is 65.2 Å². The lowest BCUT2D eigenvalue weighted by molar-refractivity contribution is -0.111. The van der Waals surface area contributed by atoms with E-state index >= 15 is 0 Å². The first kappa shape index (κ1) is 20.4. The fourth-order valence-corrected chi connectivity index (χ4v) is 2.48. The minimum Gasteiger partial charge on any atom is -0.435 e. The van der Waals surface area contributed by atoms with E-state index in [1.807, 2.05) is 0 Å². The fourth-order valence-electron chi connectivity index (χ4n) is 2.48. The zero-order valence-electron chi connectivity index (χ0n) is 14.9. The first-order valence-electron chi connectivity index (χ1n) is 7.90. The molecule has 0 saturated heterocycles. The predicted octanol–water partition coefficient (Wildman–Crippen LogP) is 3.99. The Morgan fingerprint density at radius 1 is 1.07 bits per heavy atom. The molecule has 0 aliphatic carbocycles. The Hall–Kier alpha value is -2.90. The van der Waals surface area contributed by atoms with Crippen LogP contribution >= 0.6 is 0 Å². The van der Waals surface area contributed by atoms with Gasteiger partial charge in [-0.3, -0.25) is 4.79 Å². The van der Waals surface area contributed by atoms with Crippen LogP contribution in [0, 0.1) is 11.6 Å². The van der Waals surface area contributed by atoms with Gasteiger partial charge in [-0.2, -0.15) is 8.78 Å². The first-order valence-corrected chi connectivity index (χ1v) is 7.90. The van der Waals surface area contributed by atoms with Gasteiger partial charge in [-0.05, 0) is 42.3 Å². The maximum atomic E-state index is 13.8. The molecule has 0 spiro atoms. The van der Waals surface area contributed by atoms with Crippen molar-refractivity contribution in [2.45, 2.75) is 19.1 Å². The third kappa shape index (κ3) is 4.64. The van der Waals surface area contributed by atoms with Gasteiger partial charge in [0.1, 0.15) is 17.4 Å². The van der Waals surface area contributed by atoms with Crippen molar-refractivity contribution in [2.24, 2.45) is 4.99 Å². The smallest absolute Gasteiger partial charge is 0.387 e. The van der Waals surface area contributed by atoms with E-state index in [1.165, 1.54) is 24.3 Å². The molecule has 0 saturated carbocycles. The number of aldehydes is 1. The van der Waals surface area contributed by atoms with Crippen molar-refractivity contribution in [3.63, 3.8) is 0 Å². The van der Waals surface area contributed by atoms with Crippen LogP contribution in [0.25, 0.3) is 0 Å². The van der Waals surface area contributed by atoms with Crippen LogP contribution < -0.4 is 4.74 Å². The van der Waals surface area contributed by atoms with Gasteiger partial charge in [-0.15, -0.1) is 0 Å². The highest BCUT2D eigenvalue weighted by Gasteiger charge is 2.35. The molecule has 0 radical (unpaired) electrons. The topological polar surface area (TPSA) is 41.9 Å². The second-order valence-corrected chi connectivity index (χ2v) is 6.00. The van der Waals surface area contributed by atoms with Crippen LogP contribution in [-0.2, 0) is 10.3 Å².